The number of piperazine rings is 1. The molecule has 1 aromatic carbocycles. The molecular formula is C23H32N4O4. The van der Waals surface area contributed by atoms with Crippen LogP contribution in [0.15, 0.2) is 24.3 Å². The molecule has 1 spiro atoms. The van der Waals surface area contributed by atoms with Crippen molar-refractivity contribution in [1.29, 1.82) is 0 Å². The van der Waals surface area contributed by atoms with E-state index >= 15 is 0 Å². The highest BCUT2D eigenvalue weighted by Gasteiger charge is 2.42. The van der Waals surface area contributed by atoms with E-state index in [1.165, 1.54) is 0 Å². The Labute approximate surface area is 183 Å². The molecule has 0 aliphatic carbocycles. The molecule has 0 saturated carbocycles. The average molecular weight is 429 g/mol. The van der Waals surface area contributed by atoms with Gasteiger partial charge in [-0.1, -0.05) is 19.1 Å². The van der Waals surface area contributed by atoms with Crippen molar-refractivity contribution < 1.29 is 19.1 Å². The highest BCUT2D eigenvalue weighted by molar-refractivity contribution is 5.97. The maximum Gasteiger partial charge on any atom is 0.255 e. The topological polar surface area (TPSA) is 82.2 Å². The number of likely N-dealkylation sites (tertiary alicyclic amines) is 1. The van der Waals surface area contributed by atoms with Crippen molar-refractivity contribution in [2.75, 3.05) is 45.8 Å². The van der Waals surface area contributed by atoms with Crippen molar-refractivity contribution in [2.24, 2.45) is 0 Å². The first-order valence-corrected chi connectivity index (χ1v) is 11.3. The Kier molecular flexibility index (Phi) is 6.18. The lowest BCUT2D eigenvalue weighted by molar-refractivity contribution is -0.145. The third kappa shape index (κ3) is 4.39. The second-order valence-corrected chi connectivity index (χ2v) is 8.74. The van der Waals surface area contributed by atoms with Crippen LogP contribution in [0.2, 0.25) is 0 Å². The molecule has 168 valence electrons. The number of carbonyl (C=O) groups is 3. The molecule has 8 nitrogen and oxygen atoms in total. The average Bonchev–Trinajstić information content (AvgIpc) is 3.05. The van der Waals surface area contributed by atoms with E-state index < -0.39 is 11.6 Å². The predicted octanol–water partition coefficient (Wildman–Crippen LogP) is 1.11. The molecule has 1 N–H and O–H groups in total. The SMILES string of the molecule is CCN1CCN(C(=O)C(C)N2CCC3(CCC2=O)CNC(=O)c2ccccc2O3)CC1. The fraction of sp³-hybridized carbons (Fsp3) is 0.609. The molecule has 3 heterocycles. The predicted molar refractivity (Wildman–Crippen MR) is 116 cm³/mol. The van der Waals surface area contributed by atoms with E-state index in [0.717, 1.165) is 19.6 Å². The number of carbonyl (C=O) groups excluding carboxylic acids is 3. The van der Waals surface area contributed by atoms with Gasteiger partial charge >= 0.3 is 0 Å². The van der Waals surface area contributed by atoms with Crippen LogP contribution < -0.4 is 10.1 Å². The lowest BCUT2D eigenvalue weighted by Gasteiger charge is -2.38. The molecule has 8 heteroatoms. The Morgan fingerprint density at radius 3 is 2.61 bits per heavy atom. The summed E-state index contributed by atoms with van der Waals surface area (Å²) in [5, 5.41) is 2.96. The Balaban J connectivity index is 1.45. The van der Waals surface area contributed by atoms with Gasteiger partial charge in [0.2, 0.25) is 11.8 Å². The third-order valence-electron chi connectivity index (χ3n) is 6.91. The number of likely N-dealkylation sites (N-methyl/N-ethyl adjacent to an activating group) is 1. The van der Waals surface area contributed by atoms with Crippen molar-refractivity contribution >= 4 is 17.7 Å². The van der Waals surface area contributed by atoms with Gasteiger partial charge in [0.25, 0.3) is 5.91 Å². The second-order valence-electron chi connectivity index (χ2n) is 8.74. The fourth-order valence-corrected chi connectivity index (χ4v) is 4.77. The first-order chi connectivity index (χ1) is 14.9. The van der Waals surface area contributed by atoms with Crippen molar-refractivity contribution in [1.82, 2.24) is 20.0 Å². The maximum absolute atomic E-state index is 13.1. The van der Waals surface area contributed by atoms with Gasteiger partial charge in [0.1, 0.15) is 17.4 Å². The molecule has 0 bridgehead atoms. The quantitative estimate of drug-likeness (QED) is 0.780. The van der Waals surface area contributed by atoms with Crippen LogP contribution >= 0.6 is 0 Å². The van der Waals surface area contributed by atoms with Crippen molar-refractivity contribution in [3.8, 4) is 5.75 Å². The summed E-state index contributed by atoms with van der Waals surface area (Å²) in [7, 11) is 0. The zero-order chi connectivity index (χ0) is 22.0. The standard InChI is InChI=1S/C23H32N4O4/c1-3-25-12-14-26(15-13-25)22(30)17(2)27-11-10-23(9-8-20(27)28)16-24-21(29)18-6-4-5-7-19(18)31-23/h4-7,17H,3,8-16H2,1-2H3,(H,24,29). The number of amides is 3. The van der Waals surface area contributed by atoms with E-state index in [0.29, 0.717) is 56.8 Å². The van der Waals surface area contributed by atoms with Crippen LogP contribution in [0.1, 0.15) is 43.5 Å². The van der Waals surface area contributed by atoms with Gasteiger partial charge in [-0.3, -0.25) is 14.4 Å². The number of hydrogen-bond donors (Lipinski definition) is 1. The number of nitrogens with zero attached hydrogens (tertiary/aromatic N) is 3. The van der Waals surface area contributed by atoms with Crippen LogP contribution in [0.3, 0.4) is 0 Å². The van der Waals surface area contributed by atoms with Gasteiger partial charge in [0, 0.05) is 45.6 Å². The maximum atomic E-state index is 13.1. The minimum Gasteiger partial charge on any atom is -0.485 e. The van der Waals surface area contributed by atoms with Gasteiger partial charge < -0.3 is 24.8 Å². The first kappa shape index (κ1) is 21.6. The summed E-state index contributed by atoms with van der Waals surface area (Å²) in [6, 6.07) is 6.71. The number of fused-ring (bicyclic) bond motifs is 1. The van der Waals surface area contributed by atoms with Crippen LogP contribution in [0, 0.1) is 0 Å². The minimum atomic E-state index is -0.651. The zero-order valence-electron chi connectivity index (χ0n) is 18.4. The van der Waals surface area contributed by atoms with Crippen LogP contribution in [0.4, 0.5) is 0 Å². The largest absolute Gasteiger partial charge is 0.485 e. The summed E-state index contributed by atoms with van der Waals surface area (Å²) in [6.07, 6.45) is 1.36. The third-order valence-corrected chi connectivity index (χ3v) is 6.91. The molecule has 3 aliphatic rings. The van der Waals surface area contributed by atoms with Crippen LogP contribution in [-0.4, -0.2) is 89.9 Å². The van der Waals surface area contributed by atoms with Gasteiger partial charge in [-0.25, -0.2) is 0 Å². The van der Waals surface area contributed by atoms with Gasteiger partial charge in [-0.15, -0.1) is 0 Å². The summed E-state index contributed by atoms with van der Waals surface area (Å²) in [5.41, 5.74) is -0.135. The molecule has 2 unspecified atom stereocenters. The summed E-state index contributed by atoms with van der Waals surface area (Å²) in [6.45, 7) is 8.88. The summed E-state index contributed by atoms with van der Waals surface area (Å²) in [5.74, 6) is 0.379. The monoisotopic (exact) mass is 428 g/mol. The number of rotatable bonds is 3. The number of para-hydroxylation sites is 1. The lowest BCUT2D eigenvalue weighted by Crippen LogP contribution is -2.55. The smallest absolute Gasteiger partial charge is 0.255 e. The van der Waals surface area contributed by atoms with Gasteiger partial charge in [0.15, 0.2) is 0 Å². The number of nitrogens with one attached hydrogen (secondary N) is 1. The molecule has 2 fully saturated rings. The normalized spacial score (nSPS) is 25.9. The molecule has 2 atom stereocenters. The highest BCUT2D eigenvalue weighted by Crippen LogP contribution is 2.33. The molecule has 1 aromatic rings. The Morgan fingerprint density at radius 2 is 1.87 bits per heavy atom. The summed E-state index contributed by atoms with van der Waals surface area (Å²) in [4.78, 5) is 44.4. The molecule has 0 aromatic heterocycles. The Bertz CT molecular complexity index is 852. The number of hydrogen-bond acceptors (Lipinski definition) is 5. The van der Waals surface area contributed by atoms with Crippen LogP contribution in [-0.2, 0) is 9.59 Å². The minimum absolute atomic E-state index is 0.0143. The number of ether oxygens (including phenoxy) is 1. The van der Waals surface area contributed by atoms with Crippen molar-refractivity contribution in [3.05, 3.63) is 29.8 Å². The van der Waals surface area contributed by atoms with E-state index in [1.807, 2.05) is 24.0 Å². The molecular weight excluding hydrogens is 396 g/mol. The van der Waals surface area contributed by atoms with E-state index in [9.17, 15) is 14.4 Å². The van der Waals surface area contributed by atoms with E-state index in [2.05, 4.69) is 17.1 Å². The first-order valence-electron chi connectivity index (χ1n) is 11.3. The van der Waals surface area contributed by atoms with Gasteiger partial charge in [-0.05, 0) is 32.0 Å². The van der Waals surface area contributed by atoms with Gasteiger partial charge in [-0.2, -0.15) is 0 Å². The highest BCUT2D eigenvalue weighted by atomic mass is 16.5. The van der Waals surface area contributed by atoms with Crippen LogP contribution in [0.5, 0.6) is 5.75 Å². The lowest BCUT2D eigenvalue weighted by atomic mass is 9.94. The van der Waals surface area contributed by atoms with E-state index in [1.54, 1.807) is 17.0 Å². The number of benzene rings is 1. The summed E-state index contributed by atoms with van der Waals surface area (Å²) < 4.78 is 6.35. The van der Waals surface area contributed by atoms with E-state index in [4.69, 9.17) is 4.74 Å². The molecule has 0 radical (unpaired) electrons. The molecule has 3 amide bonds. The molecule has 31 heavy (non-hydrogen) atoms. The fourth-order valence-electron chi connectivity index (χ4n) is 4.77. The van der Waals surface area contributed by atoms with E-state index in [-0.39, 0.29) is 17.7 Å². The van der Waals surface area contributed by atoms with Gasteiger partial charge in [0.05, 0.1) is 12.1 Å². The molecule has 4 rings (SSSR count). The Hall–Kier alpha value is -2.61. The zero-order valence-corrected chi connectivity index (χ0v) is 18.4. The summed E-state index contributed by atoms with van der Waals surface area (Å²) >= 11 is 0. The van der Waals surface area contributed by atoms with Crippen molar-refractivity contribution in [2.45, 2.75) is 44.8 Å². The second kappa shape index (κ2) is 8.86. The molecule has 3 aliphatic heterocycles. The van der Waals surface area contributed by atoms with Crippen molar-refractivity contribution in [3.63, 3.8) is 0 Å². The van der Waals surface area contributed by atoms with Crippen LogP contribution in [0.25, 0.3) is 0 Å². The molecule has 2 saturated heterocycles. The Morgan fingerprint density at radius 1 is 1.13 bits per heavy atom.